The number of methoxy groups -OCH3 is 1. The number of amides is 2. The maximum Gasteiger partial charge on any atom is 0.257 e. The first-order valence-electron chi connectivity index (χ1n) is 7.51. The van der Waals surface area contributed by atoms with E-state index in [9.17, 15) is 9.59 Å². The highest BCUT2D eigenvalue weighted by atomic mass is 16.5. The maximum atomic E-state index is 11.7. The number of para-hydroxylation sites is 2. The van der Waals surface area contributed by atoms with Gasteiger partial charge in [-0.15, -0.1) is 0 Å². The lowest BCUT2D eigenvalue weighted by Gasteiger charge is -2.15. The molecule has 2 amide bonds. The molecule has 2 rings (SSSR count). The lowest BCUT2D eigenvalue weighted by atomic mass is 10.3. The number of benzene rings is 1. The van der Waals surface area contributed by atoms with Crippen molar-refractivity contribution in [3.05, 3.63) is 24.3 Å². The van der Waals surface area contributed by atoms with E-state index in [1.165, 1.54) is 0 Å². The second kappa shape index (κ2) is 8.26. The van der Waals surface area contributed by atoms with Gasteiger partial charge in [0, 0.05) is 26.1 Å². The van der Waals surface area contributed by atoms with Crippen LogP contribution in [0.3, 0.4) is 0 Å². The first kappa shape index (κ1) is 16.1. The Morgan fingerprint density at radius 1 is 1.32 bits per heavy atom. The first-order valence-corrected chi connectivity index (χ1v) is 7.51. The van der Waals surface area contributed by atoms with Gasteiger partial charge in [-0.1, -0.05) is 12.1 Å². The zero-order valence-electron chi connectivity index (χ0n) is 12.8. The molecular weight excluding hydrogens is 284 g/mol. The van der Waals surface area contributed by atoms with Crippen LogP contribution in [0.25, 0.3) is 0 Å². The van der Waals surface area contributed by atoms with E-state index in [0.717, 1.165) is 19.4 Å². The third-order valence-electron chi connectivity index (χ3n) is 3.53. The van der Waals surface area contributed by atoms with Crippen molar-refractivity contribution in [1.29, 1.82) is 0 Å². The van der Waals surface area contributed by atoms with Crippen LogP contribution in [0.15, 0.2) is 24.3 Å². The summed E-state index contributed by atoms with van der Waals surface area (Å²) < 4.78 is 10.6. The predicted molar refractivity (Wildman–Crippen MR) is 81.9 cm³/mol. The van der Waals surface area contributed by atoms with Gasteiger partial charge in [-0.05, 0) is 25.0 Å². The number of nitrogens with zero attached hydrogens (tertiary/aromatic N) is 1. The molecule has 1 heterocycles. The molecule has 0 aromatic heterocycles. The van der Waals surface area contributed by atoms with Gasteiger partial charge >= 0.3 is 0 Å². The zero-order chi connectivity index (χ0) is 15.8. The fourth-order valence-corrected chi connectivity index (χ4v) is 2.37. The standard InChI is InChI=1S/C16H22N2O4/c1-21-13-6-2-3-7-14(13)22-12-15(19)17-9-5-11-18-10-4-8-16(18)20/h2-3,6-7H,4-5,8-12H2,1H3,(H,17,19). The van der Waals surface area contributed by atoms with E-state index in [-0.39, 0.29) is 18.4 Å². The van der Waals surface area contributed by atoms with Gasteiger partial charge in [0.2, 0.25) is 5.91 Å². The van der Waals surface area contributed by atoms with Gasteiger partial charge in [-0.25, -0.2) is 0 Å². The molecule has 0 radical (unpaired) electrons. The molecule has 22 heavy (non-hydrogen) atoms. The molecule has 6 nitrogen and oxygen atoms in total. The molecule has 1 aromatic carbocycles. The van der Waals surface area contributed by atoms with Crippen LogP contribution >= 0.6 is 0 Å². The number of carbonyl (C=O) groups excluding carboxylic acids is 2. The molecule has 0 saturated carbocycles. The predicted octanol–water partition coefficient (Wildman–Crippen LogP) is 1.20. The Morgan fingerprint density at radius 3 is 2.77 bits per heavy atom. The Bertz CT molecular complexity index is 519. The zero-order valence-corrected chi connectivity index (χ0v) is 12.8. The van der Waals surface area contributed by atoms with Gasteiger partial charge in [0.25, 0.3) is 5.91 Å². The Labute approximate surface area is 130 Å². The molecule has 1 aromatic rings. The summed E-state index contributed by atoms with van der Waals surface area (Å²) in [6.45, 7) is 2.02. The average Bonchev–Trinajstić information content (AvgIpc) is 2.95. The van der Waals surface area contributed by atoms with Crippen LogP contribution < -0.4 is 14.8 Å². The number of ether oxygens (including phenoxy) is 2. The lowest BCUT2D eigenvalue weighted by Crippen LogP contribution is -2.33. The van der Waals surface area contributed by atoms with Crippen molar-refractivity contribution in [2.75, 3.05) is 33.4 Å². The third kappa shape index (κ3) is 4.65. The van der Waals surface area contributed by atoms with E-state index >= 15 is 0 Å². The molecule has 0 spiro atoms. The molecule has 1 aliphatic rings. The monoisotopic (exact) mass is 306 g/mol. The molecule has 1 fully saturated rings. The molecule has 6 heteroatoms. The first-order chi connectivity index (χ1) is 10.7. The van der Waals surface area contributed by atoms with Gasteiger partial charge in [-0.2, -0.15) is 0 Å². The number of hydrogen-bond donors (Lipinski definition) is 1. The minimum atomic E-state index is -0.182. The summed E-state index contributed by atoms with van der Waals surface area (Å²) in [5.74, 6) is 1.18. The van der Waals surface area contributed by atoms with Crippen LogP contribution in [0.2, 0.25) is 0 Å². The highest BCUT2D eigenvalue weighted by Crippen LogP contribution is 2.25. The number of rotatable bonds is 8. The second-order valence-corrected chi connectivity index (χ2v) is 5.13. The highest BCUT2D eigenvalue weighted by Gasteiger charge is 2.19. The molecular formula is C16H22N2O4. The fraction of sp³-hybridized carbons (Fsp3) is 0.500. The van der Waals surface area contributed by atoms with Crippen LogP contribution in [0.4, 0.5) is 0 Å². The van der Waals surface area contributed by atoms with Gasteiger partial charge in [0.05, 0.1) is 7.11 Å². The quantitative estimate of drug-likeness (QED) is 0.733. The van der Waals surface area contributed by atoms with Crippen molar-refractivity contribution >= 4 is 11.8 Å². The van der Waals surface area contributed by atoms with E-state index in [1.807, 2.05) is 17.0 Å². The van der Waals surface area contributed by atoms with Gasteiger partial charge < -0.3 is 19.7 Å². The Kier molecular flexibility index (Phi) is 6.06. The summed E-state index contributed by atoms with van der Waals surface area (Å²) in [6.07, 6.45) is 2.35. The maximum absolute atomic E-state index is 11.7. The van der Waals surface area contributed by atoms with Crippen LogP contribution in [-0.4, -0.2) is 50.1 Å². The summed E-state index contributed by atoms with van der Waals surface area (Å²) in [5.41, 5.74) is 0. The van der Waals surface area contributed by atoms with Crippen molar-refractivity contribution in [1.82, 2.24) is 10.2 Å². The van der Waals surface area contributed by atoms with Crippen molar-refractivity contribution in [3.63, 3.8) is 0 Å². The van der Waals surface area contributed by atoms with Crippen molar-refractivity contribution < 1.29 is 19.1 Å². The van der Waals surface area contributed by atoms with E-state index in [0.29, 0.717) is 31.0 Å². The van der Waals surface area contributed by atoms with E-state index in [2.05, 4.69) is 5.32 Å². The molecule has 0 bridgehead atoms. The summed E-state index contributed by atoms with van der Waals surface area (Å²) in [7, 11) is 1.56. The van der Waals surface area contributed by atoms with Crippen LogP contribution in [0.1, 0.15) is 19.3 Å². The molecule has 0 aliphatic carbocycles. The summed E-state index contributed by atoms with van der Waals surface area (Å²) in [5, 5.41) is 2.79. The average molecular weight is 306 g/mol. The van der Waals surface area contributed by atoms with Crippen LogP contribution in [-0.2, 0) is 9.59 Å². The van der Waals surface area contributed by atoms with Crippen LogP contribution in [0, 0.1) is 0 Å². The summed E-state index contributed by atoms with van der Waals surface area (Å²) in [4.78, 5) is 25.0. The molecule has 120 valence electrons. The van der Waals surface area contributed by atoms with Crippen molar-refractivity contribution in [2.45, 2.75) is 19.3 Å². The van der Waals surface area contributed by atoms with E-state index in [1.54, 1.807) is 19.2 Å². The van der Waals surface area contributed by atoms with Gasteiger partial charge in [0.1, 0.15) is 0 Å². The molecule has 0 atom stereocenters. The third-order valence-corrected chi connectivity index (χ3v) is 3.53. The SMILES string of the molecule is COc1ccccc1OCC(=O)NCCCN1CCCC1=O. The summed E-state index contributed by atoms with van der Waals surface area (Å²) in [6, 6.07) is 7.19. The minimum Gasteiger partial charge on any atom is -0.493 e. The lowest BCUT2D eigenvalue weighted by molar-refractivity contribution is -0.127. The topological polar surface area (TPSA) is 67.9 Å². The molecule has 1 saturated heterocycles. The Hall–Kier alpha value is -2.24. The van der Waals surface area contributed by atoms with E-state index in [4.69, 9.17) is 9.47 Å². The highest BCUT2D eigenvalue weighted by molar-refractivity contribution is 5.78. The Morgan fingerprint density at radius 2 is 2.09 bits per heavy atom. The minimum absolute atomic E-state index is 0.0526. The number of likely N-dealkylation sites (tertiary alicyclic amines) is 1. The second-order valence-electron chi connectivity index (χ2n) is 5.13. The molecule has 1 aliphatic heterocycles. The number of carbonyl (C=O) groups is 2. The van der Waals surface area contributed by atoms with Gasteiger partial charge in [-0.3, -0.25) is 9.59 Å². The molecule has 0 unspecified atom stereocenters. The largest absolute Gasteiger partial charge is 0.493 e. The van der Waals surface area contributed by atoms with Crippen molar-refractivity contribution in [2.24, 2.45) is 0 Å². The normalized spacial score (nSPS) is 14.0. The summed E-state index contributed by atoms with van der Waals surface area (Å²) >= 11 is 0. The Balaban J connectivity index is 1.62. The number of nitrogens with one attached hydrogen (secondary N) is 1. The number of hydrogen-bond acceptors (Lipinski definition) is 4. The van der Waals surface area contributed by atoms with E-state index < -0.39 is 0 Å². The smallest absolute Gasteiger partial charge is 0.257 e. The van der Waals surface area contributed by atoms with Gasteiger partial charge in [0.15, 0.2) is 18.1 Å². The molecule has 1 N–H and O–H groups in total. The van der Waals surface area contributed by atoms with Crippen LogP contribution in [0.5, 0.6) is 11.5 Å². The fourth-order valence-electron chi connectivity index (χ4n) is 2.37. The van der Waals surface area contributed by atoms with Crippen molar-refractivity contribution in [3.8, 4) is 11.5 Å².